The first-order valence-electron chi connectivity index (χ1n) is 7.03. The number of morpholine rings is 1. The van der Waals surface area contributed by atoms with Crippen LogP contribution in [0.5, 0.6) is 5.75 Å². The zero-order valence-corrected chi connectivity index (χ0v) is 11.0. The molecule has 1 aliphatic heterocycles. The summed E-state index contributed by atoms with van der Waals surface area (Å²) in [6.45, 7) is 2.11. The van der Waals surface area contributed by atoms with Crippen molar-refractivity contribution in [2.75, 3.05) is 26.4 Å². The van der Waals surface area contributed by atoms with Gasteiger partial charge in [0.15, 0.2) is 0 Å². The molecular formula is C15H20FNO2. The average Bonchev–Trinajstić information content (AvgIpc) is 2.44. The van der Waals surface area contributed by atoms with E-state index >= 15 is 0 Å². The van der Waals surface area contributed by atoms with Gasteiger partial charge in [-0.25, -0.2) is 0 Å². The highest BCUT2D eigenvalue weighted by atomic mass is 18.2. The standard InChI is InChI=1S/C15H20FNO2/c16-6-1-7-17-8-9-19-15-13-10-12(18)4-2-11(13)3-5-14(15)17/h2,4,10,14-15,18H,1,3,5-9H2/t14-,15-/m1/s1/i16-1. The van der Waals surface area contributed by atoms with Gasteiger partial charge in [0, 0.05) is 19.1 Å². The summed E-state index contributed by atoms with van der Waals surface area (Å²) in [5, 5.41) is 9.67. The molecule has 1 saturated heterocycles. The van der Waals surface area contributed by atoms with Crippen LogP contribution >= 0.6 is 0 Å². The van der Waals surface area contributed by atoms with Crippen LogP contribution in [-0.4, -0.2) is 42.4 Å². The molecule has 0 saturated carbocycles. The fourth-order valence-corrected chi connectivity index (χ4v) is 3.32. The third-order valence-corrected chi connectivity index (χ3v) is 4.22. The molecule has 4 heteroatoms. The highest BCUT2D eigenvalue weighted by Gasteiger charge is 2.37. The molecule has 1 aromatic rings. The minimum atomic E-state index is -0.258. The van der Waals surface area contributed by atoms with Gasteiger partial charge in [0.1, 0.15) is 5.75 Å². The lowest BCUT2D eigenvalue weighted by Gasteiger charge is -2.44. The number of aryl methyl sites for hydroxylation is 1. The molecule has 19 heavy (non-hydrogen) atoms. The van der Waals surface area contributed by atoms with Crippen molar-refractivity contribution in [3.63, 3.8) is 0 Å². The Labute approximate surface area is 113 Å². The molecule has 1 aliphatic carbocycles. The Hall–Kier alpha value is -1.13. The van der Waals surface area contributed by atoms with Gasteiger partial charge in [0.25, 0.3) is 0 Å². The number of alkyl halides is 1. The molecule has 1 fully saturated rings. The van der Waals surface area contributed by atoms with Crippen molar-refractivity contribution >= 4 is 0 Å². The predicted octanol–water partition coefficient (Wildman–Crippen LogP) is 2.44. The molecule has 0 aromatic heterocycles. The van der Waals surface area contributed by atoms with Crippen LogP contribution in [0.4, 0.5) is 4.39 Å². The summed E-state index contributed by atoms with van der Waals surface area (Å²) in [4.78, 5) is 2.35. The van der Waals surface area contributed by atoms with E-state index in [0.29, 0.717) is 24.8 Å². The Balaban J connectivity index is 1.84. The highest BCUT2D eigenvalue weighted by Crippen LogP contribution is 2.39. The number of hydrogen-bond acceptors (Lipinski definition) is 3. The molecule has 1 heterocycles. The second-order valence-electron chi connectivity index (χ2n) is 5.36. The van der Waals surface area contributed by atoms with Gasteiger partial charge in [-0.3, -0.25) is 9.29 Å². The minimum absolute atomic E-state index is 0.0317. The summed E-state index contributed by atoms with van der Waals surface area (Å²) in [7, 11) is 0. The van der Waals surface area contributed by atoms with Gasteiger partial charge in [-0.05, 0) is 42.5 Å². The van der Waals surface area contributed by atoms with Gasteiger partial charge in [0.2, 0.25) is 0 Å². The summed E-state index contributed by atoms with van der Waals surface area (Å²) in [5.74, 6) is 0.295. The Bertz CT molecular complexity index is 452. The first kappa shape index (κ1) is 12.9. The number of fused-ring (bicyclic) bond motifs is 3. The van der Waals surface area contributed by atoms with E-state index in [9.17, 15) is 9.50 Å². The molecular weight excluding hydrogens is 244 g/mol. The van der Waals surface area contributed by atoms with E-state index in [2.05, 4.69) is 4.90 Å². The second kappa shape index (κ2) is 5.47. The fraction of sp³-hybridized carbons (Fsp3) is 0.600. The number of ether oxygens (including phenoxy) is 1. The number of phenolic OH excluding ortho intramolecular Hbond substituents is 1. The maximum Gasteiger partial charge on any atom is 0.115 e. The Morgan fingerprint density at radius 1 is 1.42 bits per heavy atom. The lowest BCUT2D eigenvalue weighted by Crippen LogP contribution is -2.49. The van der Waals surface area contributed by atoms with E-state index in [0.717, 1.165) is 31.5 Å². The molecule has 2 aliphatic rings. The van der Waals surface area contributed by atoms with E-state index < -0.39 is 0 Å². The molecule has 0 amide bonds. The Morgan fingerprint density at radius 3 is 3.16 bits per heavy atom. The van der Waals surface area contributed by atoms with Gasteiger partial charge in [-0.15, -0.1) is 0 Å². The number of rotatable bonds is 3. The fourth-order valence-electron chi connectivity index (χ4n) is 3.32. The van der Waals surface area contributed by atoms with Crippen LogP contribution in [0.15, 0.2) is 18.2 Å². The SMILES string of the molecule is Oc1ccc2c(c1)[C@H]1OCCN(CCC[18F])[C@@H]1CC2. The Kier molecular flexibility index (Phi) is 3.71. The maximum absolute atomic E-state index is 12.4. The van der Waals surface area contributed by atoms with Gasteiger partial charge in [-0.2, -0.15) is 0 Å². The van der Waals surface area contributed by atoms with E-state index in [-0.39, 0.29) is 12.8 Å². The van der Waals surface area contributed by atoms with Crippen LogP contribution in [0.25, 0.3) is 0 Å². The minimum Gasteiger partial charge on any atom is -0.508 e. The largest absolute Gasteiger partial charge is 0.508 e. The number of halogens is 1. The Morgan fingerprint density at radius 2 is 2.32 bits per heavy atom. The molecule has 0 spiro atoms. The smallest absolute Gasteiger partial charge is 0.115 e. The van der Waals surface area contributed by atoms with Crippen LogP contribution in [0.1, 0.15) is 30.1 Å². The first-order chi connectivity index (χ1) is 9.29. The molecule has 0 bridgehead atoms. The van der Waals surface area contributed by atoms with Crippen LogP contribution < -0.4 is 0 Å². The zero-order valence-electron chi connectivity index (χ0n) is 11.0. The zero-order chi connectivity index (χ0) is 13.2. The van der Waals surface area contributed by atoms with E-state index in [1.165, 1.54) is 5.56 Å². The molecule has 2 atom stereocenters. The normalized spacial score (nSPS) is 26.8. The van der Waals surface area contributed by atoms with Crippen LogP contribution in [-0.2, 0) is 11.2 Å². The van der Waals surface area contributed by atoms with Gasteiger partial charge < -0.3 is 9.84 Å². The molecule has 0 radical (unpaired) electrons. The topological polar surface area (TPSA) is 32.7 Å². The first-order valence-corrected chi connectivity index (χ1v) is 7.03. The third-order valence-electron chi connectivity index (χ3n) is 4.22. The molecule has 1 N–H and O–H groups in total. The number of hydrogen-bond donors (Lipinski definition) is 1. The average molecular weight is 264 g/mol. The summed E-state index contributed by atoms with van der Waals surface area (Å²) in [6.07, 6.45) is 2.68. The highest BCUT2D eigenvalue weighted by molar-refractivity contribution is 5.39. The van der Waals surface area contributed by atoms with Crippen molar-refractivity contribution in [2.24, 2.45) is 0 Å². The summed E-state index contributed by atoms with van der Waals surface area (Å²) in [5.41, 5.74) is 2.38. The van der Waals surface area contributed by atoms with Crippen molar-refractivity contribution in [3.05, 3.63) is 29.3 Å². The lowest BCUT2D eigenvalue weighted by atomic mass is 9.84. The molecule has 1 aromatic carbocycles. The quantitative estimate of drug-likeness (QED) is 0.910. The van der Waals surface area contributed by atoms with Crippen molar-refractivity contribution < 1.29 is 14.2 Å². The van der Waals surface area contributed by atoms with Crippen molar-refractivity contribution in [1.29, 1.82) is 0 Å². The van der Waals surface area contributed by atoms with Crippen molar-refractivity contribution in [1.82, 2.24) is 4.90 Å². The van der Waals surface area contributed by atoms with Gasteiger partial charge in [0.05, 0.1) is 19.4 Å². The molecule has 104 valence electrons. The summed E-state index contributed by atoms with van der Waals surface area (Å²) in [6, 6.07) is 5.88. The van der Waals surface area contributed by atoms with E-state index in [1.807, 2.05) is 12.1 Å². The van der Waals surface area contributed by atoms with Crippen LogP contribution in [0, 0.1) is 0 Å². The predicted molar refractivity (Wildman–Crippen MR) is 71.1 cm³/mol. The van der Waals surface area contributed by atoms with Gasteiger partial charge >= 0.3 is 0 Å². The van der Waals surface area contributed by atoms with Crippen LogP contribution in [0.3, 0.4) is 0 Å². The summed E-state index contributed by atoms with van der Waals surface area (Å²) >= 11 is 0. The second-order valence-corrected chi connectivity index (χ2v) is 5.36. The lowest BCUT2D eigenvalue weighted by molar-refractivity contribution is -0.0808. The van der Waals surface area contributed by atoms with Crippen molar-refractivity contribution in [3.8, 4) is 5.75 Å². The number of phenols is 1. The van der Waals surface area contributed by atoms with Crippen LogP contribution in [0.2, 0.25) is 0 Å². The van der Waals surface area contributed by atoms with E-state index in [4.69, 9.17) is 4.74 Å². The molecule has 0 unspecified atom stereocenters. The monoisotopic (exact) mass is 264 g/mol. The third kappa shape index (κ3) is 2.47. The maximum atomic E-state index is 12.4. The number of nitrogens with zero attached hydrogens (tertiary/aromatic N) is 1. The van der Waals surface area contributed by atoms with Gasteiger partial charge in [-0.1, -0.05) is 6.07 Å². The number of benzene rings is 1. The van der Waals surface area contributed by atoms with E-state index in [1.54, 1.807) is 6.07 Å². The molecule has 3 rings (SSSR count). The van der Waals surface area contributed by atoms with Crippen molar-refractivity contribution in [2.45, 2.75) is 31.4 Å². The number of aromatic hydroxyl groups is 1. The summed E-state index contributed by atoms with van der Waals surface area (Å²) < 4.78 is 18.3. The molecule has 3 nitrogen and oxygen atoms in total.